The summed E-state index contributed by atoms with van der Waals surface area (Å²) in [5, 5.41) is 2.80. The van der Waals surface area contributed by atoms with Gasteiger partial charge in [-0.15, -0.1) is 11.3 Å². The average Bonchev–Trinajstić information content (AvgIpc) is 3.23. The largest absolute Gasteiger partial charge is 0.481 e. The van der Waals surface area contributed by atoms with Gasteiger partial charge in [-0.2, -0.15) is 4.99 Å². The number of nitrogens with one attached hydrogen (secondary N) is 1. The molecule has 0 bridgehead atoms. The second-order valence-electron chi connectivity index (χ2n) is 6.47. The van der Waals surface area contributed by atoms with Crippen LogP contribution in [0.3, 0.4) is 0 Å². The second kappa shape index (κ2) is 6.96. The number of rotatable bonds is 5. The van der Waals surface area contributed by atoms with Crippen LogP contribution in [0.15, 0.2) is 34.9 Å². The van der Waals surface area contributed by atoms with Gasteiger partial charge in [-0.3, -0.25) is 4.79 Å². The van der Waals surface area contributed by atoms with Gasteiger partial charge in [0.15, 0.2) is 5.84 Å². The summed E-state index contributed by atoms with van der Waals surface area (Å²) < 4.78 is 5.42. The summed E-state index contributed by atoms with van der Waals surface area (Å²) in [7, 11) is 1.58. The average molecular weight is 381 g/mol. The van der Waals surface area contributed by atoms with Gasteiger partial charge in [-0.05, 0) is 37.5 Å². The monoisotopic (exact) mass is 381 g/mol. The lowest BCUT2D eigenvalue weighted by Crippen LogP contribution is -2.18. The van der Waals surface area contributed by atoms with Gasteiger partial charge in [-0.1, -0.05) is 0 Å². The van der Waals surface area contributed by atoms with E-state index in [0.717, 1.165) is 40.2 Å². The molecule has 1 aliphatic rings. The number of thiazole rings is 1. The van der Waals surface area contributed by atoms with E-state index in [-0.39, 0.29) is 17.7 Å². The van der Waals surface area contributed by atoms with Crippen LogP contribution in [0.5, 0.6) is 5.88 Å². The Kier molecular flexibility index (Phi) is 4.49. The van der Waals surface area contributed by atoms with E-state index in [9.17, 15) is 4.79 Å². The van der Waals surface area contributed by atoms with E-state index in [4.69, 9.17) is 10.5 Å². The topological polar surface area (TPSA) is 106 Å². The number of aromatic amines is 1. The Bertz CT molecular complexity index is 1020. The molecule has 0 saturated heterocycles. The first kappa shape index (κ1) is 17.4. The molecular weight excluding hydrogens is 362 g/mol. The Morgan fingerprint density at radius 2 is 2.19 bits per heavy atom. The number of hydrogen-bond acceptors (Lipinski definition) is 5. The van der Waals surface area contributed by atoms with Gasteiger partial charge in [0, 0.05) is 29.3 Å². The molecule has 0 atom stereocenters. The maximum Gasteiger partial charge on any atom is 0.250 e. The minimum absolute atomic E-state index is 0.0394. The van der Waals surface area contributed by atoms with Crippen molar-refractivity contribution in [2.24, 2.45) is 16.6 Å². The highest BCUT2D eigenvalue weighted by atomic mass is 32.1. The number of nitrogens with zero attached hydrogens (tertiary/aromatic N) is 3. The zero-order chi connectivity index (χ0) is 19.0. The molecule has 8 heteroatoms. The lowest BCUT2D eigenvalue weighted by atomic mass is 10.1. The molecule has 1 aliphatic carbocycles. The number of pyridine rings is 1. The van der Waals surface area contributed by atoms with Crippen LogP contribution in [0.2, 0.25) is 0 Å². The Labute approximate surface area is 160 Å². The highest BCUT2D eigenvalue weighted by Crippen LogP contribution is 2.34. The fourth-order valence-electron chi connectivity index (χ4n) is 2.86. The van der Waals surface area contributed by atoms with Crippen LogP contribution in [0.4, 0.5) is 0 Å². The van der Waals surface area contributed by atoms with E-state index in [1.165, 1.54) is 0 Å². The van der Waals surface area contributed by atoms with Crippen LogP contribution in [-0.4, -0.2) is 33.8 Å². The van der Waals surface area contributed by atoms with Crippen LogP contribution in [-0.2, 0) is 4.79 Å². The molecule has 0 aliphatic heterocycles. The summed E-state index contributed by atoms with van der Waals surface area (Å²) in [4.78, 5) is 28.0. The summed E-state index contributed by atoms with van der Waals surface area (Å²) in [5.74, 6) is 0.594. The summed E-state index contributed by atoms with van der Waals surface area (Å²) in [6.45, 7) is 1.92. The molecule has 1 amide bonds. The standard InChI is InChI=1S/C19H19N5O2S/c1-10-7-14(23-15(10)16(20)24-17(25)11-3-4-11)13-8-12(9-22-18(13)26-2)19-21-5-6-27-19/h5-9,11,23H,3-4H2,1-2H3,(H2,20,24,25). The molecule has 3 heterocycles. The number of H-pyrrole nitrogens is 1. The molecule has 3 aromatic rings. The van der Waals surface area contributed by atoms with Gasteiger partial charge >= 0.3 is 0 Å². The van der Waals surface area contributed by atoms with Crippen molar-refractivity contribution in [2.75, 3.05) is 7.11 Å². The fraction of sp³-hybridized carbons (Fsp3) is 0.263. The normalized spacial score (nSPS) is 14.4. The lowest BCUT2D eigenvalue weighted by Gasteiger charge is -2.07. The number of aromatic nitrogens is 3. The predicted octanol–water partition coefficient (Wildman–Crippen LogP) is 3.16. The van der Waals surface area contributed by atoms with E-state index in [1.54, 1.807) is 30.8 Å². The predicted molar refractivity (Wildman–Crippen MR) is 105 cm³/mol. The molecule has 4 rings (SSSR count). The van der Waals surface area contributed by atoms with Gasteiger partial charge in [0.1, 0.15) is 5.01 Å². The summed E-state index contributed by atoms with van der Waals surface area (Å²) in [5.41, 5.74) is 10.1. The zero-order valence-electron chi connectivity index (χ0n) is 15.0. The third-order valence-electron chi connectivity index (χ3n) is 4.44. The number of amides is 1. The van der Waals surface area contributed by atoms with E-state index >= 15 is 0 Å². The molecule has 0 aromatic carbocycles. The lowest BCUT2D eigenvalue weighted by molar-refractivity contribution is -0.118. The molecule has 138 valence electrons. The molecular formula is C19H19N5O2S. The van der Waals surface area contributed by atoms with Crippen LogP contribution in [0, 0.1) is 12.8 Å². The number of methoxy groups -OCH3 is 1. The number of nitrogens with two attached hydrogens (primary N) is 1. The van der Waals surface area contributed by atoms with Crippen molar-refractivity contribution in [1.29, 1.82) is 0 Å². The maximum absolute atomic E-state index is 11.9. The molecule has 27 heavy (non-hydrogen) atoms. The molecule has 0 unspecified atom stereocenters. The molecule has 1 saturated carbocycles. The van der Waals surface area contributed by atoms with E-state index in [0.29, 0.717) is 11.6 Å². The van der Waals surface area contributed by atoms with Crippen LogP contribution < -0.4 is 10.5 Å². The quantitative estimate of drug-likeness (QED) is 0.521. The number of amidine groups is 1. The fourth-order valence-corrected chi connectivity index (χ4v) is 3.48. The minimum Gasteiger partial charge on any atom is -0.481 e. The maximum atomic E-state index is 11.9. The third kappa shape index (κ3) is 3.48. The first-order chi connectivity index (χ1) is 13.1. The Morgan fingerprint density at radius 3 is 2.85 bits per heavy atom. The molecule has 0 spiro atoms. The Morgan fingerprint density at radius 1 is 1.37 bits per heavy atom. The SMILES string of the molecule is COc1ncc(-c2nccs2)cc1-c1cc(C)c(C(N)=NC(=O)C2CC2)[nH]1. The van der Waals surface area contributed by atoms with Crippen molar-refractivity contribution < 1.29 is 9.53 Å². The van der Waals surface area contributed by atoms with Gasteiger partial charge in [0.2, 0.25) is 5.88 Å². The first-order valence-electron chi connectivity index (χ1n) is 8.59. The van der Waals surface area contributed by atoms with Gasteiger partial charge < -0.3 is 15.5 Å². The number of ether oxygens (including phenoxy) is 1. The molecule has 3 N–H and O–H groups in total. The minimum atomic E-state index is -0.145. The van der Waals surface area contributed by atoms with Crippen molar-refractivity contribution >= 4 is 23.1 Å². The first-order valence-corrected chi connectivity index (χ1v) is 9.47. The van der Waals surface area contributed by atoms with Crippen molar-refractivity contribution in [3.05, 3.63) is 41.2 Å². The number of carbonyl (C=O) groups excluding carboxylic acids is 1. The third-order valence-corrected chi connectivity index (χ3v) is 5.26. The number of hydrogen-bond donors (Lipinski definition) is 2. The van der Waals surface area contributed by atoms with E-state index in [1.807, 2.05) is 24.4 Å². The van der Waals surface area contributed by atoms with E-state index in [2.05, 4.69) is 19.9 Å². The van der Waals surface area contributed by atoms with Crippen molar-refractivity contribution in [1.82, 2.24) is 15.0 Å². The molecule has 3 aromatic heterocycles. The summed E-state index contributed by atoms with van der Waals surface area (Å²) >= 11 is 1.54. The number of aryl methyl sites for hydroxylation is 1. The van der Waals surface area contributed by atoms with Crippen LogP contribution >= 0.6 is 11.3 Å². The zero-order valence-corrected chi connectivity index (χ0v) is 15.8. The smallest absolute Gasteiger partial charge is 0.250 e. The van der Waals surface area contributed by atoms with E-state index < -0.39 is 0 Å². The summed E-state index contributed by atoms with van der Waals surface area (Å²) in [6, 6.07) is 3.92. The second-order valence-corrected chi connectivity index (χ2v) is 7.36. The van der Waals surface area contributed by atoms with Crippen molar-refractivity contribution in [3.8, 4) is 27.7 Å². The highest BCUT2D eigenvalue weighted by Gasteiger charge is 2.30. The highest BCUT2D eigenvalue weighted by molar-refractivity contribution is 7.13. The number of carbonyl (C=O) groups is 1. The van der Waals surface area contributed by atoms with Crippen LogP contribution in [0.1, 0.15) is 24.1 Å². The molecule has 7 nitrogen and oxygen atoms in total. The Balaban J connectivity index is 1.73. The van der Waals surface area contributed by atoms with Crippen molar-refractivity contribution in [3.63, 3.8) is 0 Å². The summed E-state index contributed by atoms with van der Waals surface area (Å²) in [6.07, 6.45) is 5.30. The van der Waals surface area contributed by atoms with Gasteiger partial charge in [-0.25, -0.2) is 9.97 Å². The Hall–Kier alpha value is -3.00. The number of aliphatic imine (C=N–C) groups is 1. The molecule has 0 radical (unpaired) electrons. The molecule has 1 fully saturated rings. The van der Waals surface area contributed by atoms with Crippen molar-refractivity contribution in [2.45, 2.75) is 19.8 Å². The van der Waals surface area contributed by atoms with Crippen LogP contribution in [0.25, 0.3) is 21.8 Å². The van der Waals surface area contributed by atoms with Gasteiger partial charge in [0.05, 0.1) is 24.1 Å². The van der Waals surface area contributed by atoms with Gasteiger partial charge in [0.25, 0.3) is 5.91 Å².